The van der Waals surface area contributed by atoms with E-state index >= 15 is 0 Å². The number of nitrogens with zero attached hydrogens (tertiary/aromatic N) is 1. The standard InChI is InChI=1S/C13H17N3O4/c1-9-11(5-2-6-12(9)16(18)19)15-13(17)14-8-10-4-3-7-20-10/h2,5-6,10H,3-4,7-8H2,1H3,(H2,14,15,17)/t10-/m0/s1. The minimum atomic E-state index is -0.467. The second-order valence-corrected chi connectivity index (χ2v) is 4.68. The van der Waals surface area contributed by atoms with Crippen LogP contribution in [0, 0.1) is 17.0 Å². The summed E-state index contributed by atoms with van der Waals surface area (Å²) in [4.78, 5) is 22.1. The van der Waals surface area contributed by atoms with Crippen LogP contribution in [0.4, 0.5) is 16.2 Å². The summed E-state index contributed by atoms with van der Waals surface area (Å²) in [6.45, 7) is 2.78. The molecule has 2 N–H and O–H groups in total. The van der Waals surface area contributed by atoms with Gasteiger partial charge in [0.2, 0.25) is 0 Å². The summed E-state index contributed by atoms with van der Waals surface area (Å²) in [6, 6.07) is 4.20. The van der Waals surface area contributed by atoms with E-state index in [1.165, 1.54) is 6.07 Å². The first kappa shape index (κ1) is 14.3. The molecule has 0 radical (unpaired) electrons. The van der Waals surface area contributed by atoms with Gasteiger partial charge in [0.25, 0.3) is 5.69 Å². The van der Waals surface area contributed by atoms with Crippen LogP contribution in [-0.4, -0.2) is 30.2 Å². The van der Waals surface area contributed by atoms with E-state index in [0.717, 1.165) is 19.4 Å². The van der Waals surface area contributed by atoms with Crippen LogP contribution in [-0.2, 0) is 4.74 Å². The maximum absolute atomic E-state index is 11.8. The molecule has 2 rings (SSSR count). The molecule has 20 heavy (non-hydrogen) atoms. The van der Waals surface area contributed by atoms with Crippen LogP contribution in [0.5, 0.6) is 0 Å². The van der Waals surface area contributed by atoms with Crippen molar-refractivity contribution in [2.75, 3.05) is 18.5 Å². The van der Waals surface area contributed by atoms with Gasteiger partial charge in [-0.25, -0.2) is 4.79 Å². The highest BCUT2D eigenvalue weighted by Gasteiger charge is 2.17. The third kappa shape index (κ3) is 3.45. The number of urea groups is 1. The van der Waals surface area contributed by atoms with Crippen LogP contribution >= 0.6 is 0 Å². The lowest BCUT2D eigenvalue weighted by atomic mass is 10.1. The first-order valence-corrected chi connectivity index (χ1v) is 6.48. The smallest absolute Gasteiger partial charge is 0.319 e. The molecule has 1 aromatic rings. The summed E-state index contributed by atoms with van der Waals surface area (Å²) in [7, 11) is 0. The first-order chi connectivity index (χ1) is 9.58. The average molecular weight is 279 g/mol. The molecule has 0 unspecified atom stereocenters. The highest BCUT2D eigenvalue weighted by atomic mass is 16.6. The Morgan fingerprint density at radius 2 is 2.35 bits per heavy atom. The number of carbonyl (C=O) groups excluding carboxylic acids is 1. The number of carbonyl (C=O) groups is 1. The number of hydrogen-bond donors (Lipinski definition) is 2. The average Bonchev–Trinajstić information content (AvgIpc) is 2.91. The van der Waals surface area contributed by atoms with E-state index in [2.05, 4.69) is 10.6 Å². The van der Waals surface area contributed by atoms with E-state index in [1.54, 1.807) is 19.1 Å². The zero-order chi connectivity index (χ0) is 14.5. The Bertz CT molecular complexity index is 512. The number of nitro groups is 1. The molecule has 1 aromatic carbocycles. The van der Waals surface area contributed by atoms with Crippen molar-refractivity contribution < 1.29 is 14.5 Å². The molecule has 1 heterocycles. The second kappa shape index (κ2) is 6.33. The fourth-order valence-electron chi connectivity index (χ4n) is 2.14. The van der Waals surface area contributed by atoms with Crippen LogP contribution in [0.15, 0.2) is 18.2 Å². The van der Waals surface area contributed by atoms with Gasteiger partial charge in [0.15, 0.2) is 0 Å². The zero-order valence-electron chi connectivity index (χ0n) is 11.2. The second-order valence-electron chi connectivity index (χ2n) is 4.68. The Morgan fingerprint density at radius 1 is 1.55 bits per heavy atom. The third-order valence-corrected chi connectivity index (χ3v) is 3.26. The van der Waals surface area contributed by atoms with Crippen LogP contribution in [0.25, 0.3) is 0 Å². The maximum atomic E-state index is 11.8. The Kier molecular flexibility index (Phi) is 4.52. The van der Waals surface area contributed by atoms with Gasteiger partial charge in [-0.1, -0.05) is 6.07 Å². The van der Waals surface area contributed by atoms with Crippen molar-refractivity contribution in [3.05, 3.63) is 33.9 Å². The lowest BCUT2D eigenvalue weighted by Gasteiger charge is -2.12. The number of nitrogens with one attached hydrogen (secondary N) is 2. The number of anilines is 1. The van der Waals surface area contributed by atoms with Gasteiger partial charge in [0, 0.05) is 19.2 Å². The lowest BCUT2D eigenvalue weighted by molar-refractivity contribution is -0.385. The fourth-order valence-corrected chi connectivity index (χ4v) is 2.14. The van der Waals surface area contributed by atoms with Crippen molar-refractivity contribution in [1.82, 2.24) is 5.32 Å². The molecule has 0 bridgehead atoms. The van der Waals surface area contributed by atoms with Crippen molar-refractivity contribution >= 4 is 17.4 Å². The molecule has 1 aliphatic heterocycles. The molecule has 1 fully saturated rings. The molecule has 0 saturated carbocycles. The summed E-state index contributed by atoms with van der Waals surface area (Å²) < 4.78 is 5.40. The molecule has 1 aliphatic rings. The predicted octanol–water partition coefficient (Wildman–Crippen LogP) is 2.20. The molecule has 7 nitrogen and oxygen atoms in total. The Hall–Kier alpha value is -2.15. The number of rotatable bonds is 4. The van der Waals surface area contributed by atoms with E-state index < -0.39 is 4.92 Å². The van der Waals surface area contributed by atoms with E-state index in [0.29, 0.717) is 17.8 Å². The van der Waals surface area contributed by atoms with Crippen LogP contribution < -0.4 is 10.6 Å². The number of benzene rings is 1. The first-order valence-electron chi connectivity index (χ1n) is 6.48. The SMILES string of the molecule is Cc1c(NC(=O)NC[C@@H]2CCCO2)cccc1[N+](=O)[O-]. The minimum Gasteiger partial charge on any atom is -0.376 e. The Morgan fingerprint density at radius 3 is 3.00 bits per heavy atom. The molecule has 0 spiro atoms. The summed E-state index contributed by atoms with van der Waals surface area (Å²) in [5.41, 5.74) is 0.857. The number of amides is 2. The van der Waals surface area contributed by atoms with Gasteiger partial charge in [-0.15, -0.1) is 0 Å². The maximum Gasteiger partial charge on any atom is 0.319 e. The Balaban J connectivity index is 1.93. The van der Waals surface area contributed by atoms with Gasteiger partial charge in [-0.2, -0.15) is 0 Å². The molecule has 1 saturated heterocycles. The van der Waals surface area contributed by atoms with Crippen molar-refractivity contribution in [1.29, 1.82) is 0 Å². The van der Waals surface area contributed by atoms with E-state index in [4.69, 9.17) is 4.74 Å². The monoisotopic (exact) mass is 279 g/mol. The fraction of sp³-hybridized carbons (Fsp3) is 0.462. The highest BCUT2D eigenvalue weighted by Crippen LogP contribution is 2.24. The number of hydrogen-bond acceptors (Lipinski definition) is 4. The van der Waals surface area contributed by atoms with Crippen molar-refractivity contribution in [2.24, 2.45) is 0 Å². The summed E-state index contributed by atoms with van der Waals surface area (Å²) >= 11 is 0. The molecular weight excluding hydrogens is 262 g/mol. The number of ether oxygens (including phenoxy) is 1. The van der Waals surface area contributed by atoms with Crippen LogP contribution in [0.3, 0.4) is 0 Å². The lowest BCUT2D eigenvalue weighted by Crippen LogP contribution is -2.35. The van der Waals surface area contributed by atoms with E-state index in [9.17, 15) is 14.9 Å². The van der Waals surface area contributed by atoms with E-state index in [-0.39, 0.29) is 17.8 Å². The Labute approximate surface area is 116 Å². The quantitative estimate of drug-likeness (QED) is 0.652. The van der Waals surface area contributed by atoms with E-state index in [1.807, 2.05) is 0 Å². The van der Waals surface area contributed by atoms with Crippen molar-refractivity contribution in [3.8, 4) is 0 Å². The molecule has 0 aromatic heterocycles. The van der Waals surface area contributed by atoms with Gasteiger partial charge < -0.3 is 15.4 Å². The van der Waals surface area contributed by atoms with Crippen LogP contribution in [0.2, 0.25) is 0 Å². The molecule has 0 aliphatic carbocycles. The summed E-state index contributed by atoms with van der Waals surface area (Å²) in [5.74, 6) is 0. The summed E-state index contributed by atoms with van der Waals surface area (Å²) in [5, 5.41) is 16.1. The van der Waals surface area contributed by atoms with Gasteiger partial charge in [-0.3, -0.25) is 10.1 Å². The predicted molar refractivity (Wildman–Crippen MR) is 73.8 cm³/mol. The molecule has 2 amide bonds. The largest absolute Gasteiger partial charge is 0.376 e. The van der Waals surface area contributed by atoms with Crippen molar-refractivity contribution in [3.63, 3.8) is 0 Å². The normalized spacial score (nSPS) is 17.8. The highest BCUT2D eigenvalue weighted by molar-refractivity contribution is 5.90. The molecular formula is C13H17N3O4. The van der Waals surface area contributed by atoms with Crippen LogP contribution in [0.1, 0.15) is 18.4 Å². The number of nitro benzene ring substituents is 1. The molecule has 1 atom stereocenters. The van der Waals surface area contributed by atoms with Gasteiger partial charge in [0.1, 0.15) is 0 Å². The topological polar surface area (TPSA) is 93.5 Å². The van der Waals surface area contributed by atoms with Gasteiger partial charge in [-0.05, 0) is 25.8 Å². The van der Waals surface area contributed by atoms with Crippen molar-refractivity contribution in [2.45, 2.75) is 25.9 Å². The molecule has 7 heteroatoms. The molecule has 108 valence electrons. The summed E-state index contributed by atoms with van der Waals surface area (Å²) in [6.07, 6.45) is 2.01. The van der Waals surface area contributed by atoms with Gasteiger partial charge in [0.05, 0.1) is 22.3 Å². The third-order valence-electron chi connectivity index (χ3n) is 3.26. The minimum absolute atomic E-state index is 0.0121. The van der Waals surface area contributed by atoms with Gasteiger partial charge >= 0.3 is 6.03 Å². The zero-order valence-corrected chi connectivity index (χ0v) is 11.2.